The molecule has 25 heavy (non-hydrogen) atoms. The molecule has 0 amide bonds. The van der Waals surface area contributed by atoms with E-state index < -0.39 is 16.2 Å². The Morgan fingerprint density at radius 2 is 1.64 bits per heavy atom. The van der Waals surface area contributed by atoms with Crippen molar-refractivity contribution in [3.63, 3.8) is 0 Å². The second kappa shape index (κ2) is 7.40. The van der Waals surface area contributed by atoms with Gasteiger partial charge < -0.3 is 0 Å². The van der Waals surface area contributed by atoms with Gasteiger partial charge in [-0.2, -0.15) is 18.4 Å². The molecule has 130 valence electrons. The van der Waals surface area contributed by atoms with Gasteiger partial charge in [0, 0.05) is 11.8 Å². The summed E-state index contributed by atoms with van der Waals surface area (Å²) in [5, 5.41) is 8.71. The van der Waals surface area contributed by atoms with Crippen molar-refractivity contribution in [2.75, 3.05) is 4.72 Å². The van der Waals surface area contributed by atoms with Gasteiger partial charge in [-0.1, -0.05) is 30.3 Å². The molecular weight excluding hydrogens is 353 g/mol. The number of hydrogen-bond acceptors (Lipinski definition) is 3. The van der Waals surface area contributed by atoms with Gasteiger partial charge in [0.25, 0.3) is 0 Å². The van der Waals surface area contributed by atoms with Gasteiger partial charge in [0.2, 0.25) is 10.0 Å². The standard InChI is InChI=1S/C17H13F3N2O2S/c18-17(19,20)10-9-13-5-7-16(8-6-13)22-25(23,24)12-15-3-1-14(11-21)2-4-15/h1-10,22H,12H2/b10-9+. The number of halogens is 3. The summed E-state index contributed by atoms with van der Waals surface area (Å²) < 4.78 is 62.9. The molecule has 2 aromatic carbocycles. The van der Waals surface area contributed by atoms with E-state index in [9.17, 15) is 21.6 Å². The molecule has 0 heterocycles. The third-order valence-electron chi connectivity index (χ3n) is 3.09. The van der Waals surface area contributed by atoms with Crippen LogP contribution in [-0.4, -0.2) is 14.6 Å². The molecule has 0 aromatic heterocycles. The monoisotopic (exact) mass is 366 g/mol. The third-order valence-corrected chi connectivity index (χ3v) is 4.35. The van der Waals surface area contributed by atoms with Gasteiger partial charge in [-0.05, 0) is 35.4 Å². The quantitative estimate of drug-likeness (QED) is 0.867. The lowest BCUT2D eigenvalue weighted by molar-refractivity contribution is -0.0790. The number of rotatable bonds is 5. The van der Waals surface area contributed by atoms with Gasteiger partial charge in [-0.15, -0.1) is 0 Å². The van der Waals surface area contributed by atoms with Crippen molar-refractivity contribution >= 4 is 21.8 Å². The third kappa shape index (κ3) is 6.31. The van der Waals surface area contributed by atoms with E-state index in [1.54, 1.807) is 12.1 Å². The van der Waals surface area contributed by atoms with Gasteiger partial charge in [-0.3, -0.25) is 4.72 Å². The summed E-state index contributed by atoms with van der Waals surface area (Å²) in [6.45, 7) is 0. The molecule has 2 rings (SSSR count). The van der Waals surface area contributed by atoms with Crippen LogP contribution in [0, 0.1) is 11.3 Å². The zero-order valence-electron chi connectivity index (χ0n) is 12.8. The number of allylic oxidation sites excluding steroid dienone is 1. The molecular formula is C17H13F3N2O2S. The van der Waals surface area contributed by atoms with Crippen molar-refractivity contribution < 1.29 is 21.6 Å². The van der Waals surface area contributed by atoms with E-state index in [-0.39, 0.29) is 17.5 Å². The second-order valence-electron chi connectivity index (χ2n) is 5.17. The summed E-state index contributed by atoms with van der Waals surface area (Å²) in [5.74, 6) is -0.283. The first-order valence-corrected chi connectivity index (χ1v) is 8.68. The molecule has 0 bridgehead atoms. The van der Waals surface area contributed by atoms with E-state index in [0.29, 0.717) is 16.7 Å². The fourth-order valence-electron chi connectivity index (χ4n) is 1.96. The number of alkyl halides is 3. The van der Waals surface area contributed by atoms with Crippen LogP contribution in [0.15, 0.2) is 54.6 Å². The van der Waals surface area contributed by atoms with E-state index in [0.717, 1.165) is 6.08 Å². The van der Waals surface area contributed by atoms with Gasteiger partial charge in [-0.25, -0.2) is 8.42 Å². The first-order chi connectivity index (χ1) is 11.7. The van der Waals surface area contributed by atoms with Crippen molar-refractivity contribution in [2.45, 2.75) is 11.9 Å². The Balaban J connectivity index is 2.04. The van der Waals surface area contributed by atoms with Gasteiger partial charge in [0.15, 0.2) is 0 Å². The van der Waals surface area contributed by atoms with E-state index in [1.807, 2.05) is 6.07 Å². The molecule has 0 aliphatic heterocycles. The highest BCUT2D eigenvalue weighted by Crippen LogP contribution is 2.19. The Morgan fingerprint density at radius 3 is 2.16 bits per heavy atom. The average Bonchev–Trinajstić information content (AvgIpc) is 2.53. The van der Waals surface area contributed by atoms with Crippen LogP contribution in [0.4, 0.5) is 18.9 Å². The zero-order valence-corrected chi connectivity index (χ0v) is 13.6. The molecule has 8 heteroatoms. The van der Waals surface area contributed by atoms with Crippen LogP contribution in [-0.2, 0) is 15.8 Å². The molecule has 0 saturated heterocycles. The molecule has 0 saturated carbocycles. The van der Waals surface area contributed by atoms with Crippen LogP contribution < -0.4 is 4.72 Å². The second-order valence-corrected chi connectivity index (χ2v) is 6.89. The van der Waals surface area contributed by atoms with Crippen LogP contribution >= 0.6 is 0 Å². The van der Waals surface area contributed by atoms with Crippen molar-refractivity contribution in [3.05, 3.63) is 71.3 Å². The van der Waals surface area contributed by atoms with Gasteiger partial charge in [0.1, 0.15) is 0 Å². The predicted molar refractivity (Wildman–Crippen MR) is 88.9 cm³/mol. The normalized spacial score (nSPS) is 12.1. The van der Waals surface area contributed by atoms with Gasteiger partial charge >= 0.3 is 6.18 Å². The highest BCUT2D eigenvalue weighted by atomic mass is 32.2. The Kier molecular flexibility index (Phi) is 5.49. The Labute approximate surface area is 143 Å². The predicted octanol–water partition coefficient (Wildman–Crippen LogP) is 4.08. The van der Waals surface area contributed by atoms with E-state index in [4.69, 9.17) is 5.26 Å². The van der Waals surface area contributed by atoms with Gasteiger partial charge in [0.05, 0.1) is 17.4 Å². The lowest BCUT2D eigenvalue weighted by Gasteiger charge is -2.08. The lowest BCUT2D eigenvalue weighted by atomic mass is 10.2. The molecule has 0 unspecified atom stereocenters. The largest absolute Gasteiger partial charge is 0.409 e. The number of benzene rings is 2. The van der Waals surface area contributed by atoms with E-state index in [1.165, 1.54) is 36.4 Å². The molecule has 4 nitrogen and oxygen atoms in total. The van der Waals surface area contributed by atoms with Crippen molar-refractivity contribution in [1.29, 1.82) is 5.26 Å². The average molecular weight is 366 g/mol. The van der Waals surface area contributed by atoms with Crippen molar-refractivity contribution in [3.8, 4) is 6.07 Å². The fraction of sp³-hybridized carbons (Fsp3) is 0.118. The highest BCUT2D eigenvalue weighted by molar-refractivity contribution is 7.91. The fourth-order valence-corrected chi connectivity index (χ4v) is 3.16. The summed E-state index contributed by atoms with van der Waals surface area (Å²) in [5.41, 5.74) is 1.48. The van der Waals surface area contributed by atoms with Crippen molar-refractivity contribution in [1.82, 2.24) is 0 Å². The number of anilines is 1. The Hall–Kier alpha value is -2.79. The molecule has 2 aromatic rings. The number of nitriles is 1. The molecule has 0 spiro atoms. The molecule has 0 fully saturated rings. The lowest BCUT2D eigenvalue weighted by Crippen LogP contribution is -2.15. The SMILES string of the molecule is N#Cc1ccc(CS(=O)(=O)Nc2ccc(/C=C/C(F)(F)F)cc2)cc1. The zero-order chi connectivity index (χ0) is 18.5. The maximum absolute atomic E-state index is 12.1. The summed E-state index contributed by atoms with van der Waals surface area (Å²) in [6.07, 6.45) is -3.40. The summed E-state index contributed by atoms with van der Waals surface area (Å²) in [7, 11) is -3.69. The molecule has 0 radical (unpaired) electrons. The minimum absolute atomic E-state index is 0.108. The topological polar surface area (TPSA) is 70.0 Å². The maximum atomic E-state index is 12.1. The first-order valence-electron chi connectivity index (χ1n) is 7.02. The number of nitrogens with one attached hydrogen (secondary N) is 1. The summed E-state index contributed by atoms with van der Waals surface area (Å²) in [6, 6.07) is 13.6. The number of nitrogens with zero attached hydrogens (tertiary/aromatic N) is 1. The maximum Gasteiger partial charge on any atom is 0.409 e. The number of sulfonamides is 1. The van der Waals surface area contributed by atoms with Crippen LogP contribution in [0.1, 0.15) is 16.7 Å². The smallest absolute Gasteiger partial charge is 0.283 e. The number of hydrogen-bond donors (Lipinski definition) is 1. The molecule has 0 aliphatic rings. The van der Waals surface area contributed by atoms with Crippen LogP contribution in [0.3, 0.4) is 0 Å². The van der Waals surface area contributed by atoms with Crippen LogP contribution in [0.2, 0.25) is 0 Å². The summed E-state index contributed by atoms with van der Waals surface area (Å²) >= 11 is 0. The molecule has 0 aliphatic carbocycles. The molecule has 1 N–H and O–H groups in total. The van der Waals surface area contributed by atoms with E-state index in [2.05, 4.69) is 4.72 Å². The molecule has 0 atom stereocenters. The van der Waals surface area contributed by atoms with E-state index >= 15 is 0 Å². The minimum atomic E-state index is -4.40. The van der Waals surface area contributed by atoms with Crippen LogP contribution in [0.25, 0.3) is 6.08 Å². The highest BCUT2D eigenvalue weighted by Gasteiger charge is 2.21. The Morgan fingerprint density at radius 1 is 1.04 bits per heavy atom. The summed E-state index contributed by atoms with van der Waals surface area (Å²) in [4.78, 5) is 0. The van der Waals surface area contributed by atoms with Crippen molar-refractivity contribution in [2.24, 2.45) is 0 Å². The first kappa shape index (κ1) is 18.5. The van der Waals surface area contributed by atoms with Crippen LogP contribution in [0.5, 0.6) is 0 Å². The minimum Gasteiger partial charge on any atom is -0.283 e. The Bertz CT molecular complexity index is 895.